The lowest BCUT2D eigenvalue weighted by Gasteiger charge is -2.08. The minimum atomic E-state index is -0.534. The zero-order valence-electron chi connectivity index (χ0n) is 16.0. The summed E-state index contributed by atoms with van der Waals surface area (Å²) in [6.07, 6.45) is 7.00. The standard InChI is InChI=1S/C22H19FN4O2S/c23-16-6-4-14(5-7-16)18-12-30-22-20(18)19(26-13-27-22)3-1-2-8-29-17-9-15(21(24)28)10-25-11-17/h4-7,9-13H,1-3,8H2,(H2,24,28). The van der Waals surface area contributed by atoms with Gasteiger partial charge in [0.15, 0.2) is 0 Å². The van der Waals surface area contributed by atoms with Crippen molar-refractivity contribution in [1.29, 1.82) is 0 Å². The fraction of sp³-hybridized carbons (Fsp3) is 0.182. The molecule has 4 aromatic rings. The van der Waals surface area contributed by atoms with Gasteiger partial charge >= 0.3 is 0 Å². The molecule has 4 rings (SSSR count). The number of nitrogens with two attached hydrogens (primary N) is 1. The quantitative estimate of drug-likeness (QED) is 0.425. The van der Waals surface area contributed by atoms with Crippen molar-refractivity contribution in [3.05, 3.63) is 71.5 Å². The number of halogens is 1. The number of carbonyl (C=O) groups excluding carboxylic acids is 1. The molecule has 0 aliphatic rings. The van der Waals surface area contributed by atoms with E-state index in [1.54, 1.807) is 42.1 Å². The molecule has 1 aromatic carbocycles. The maximum absolute atomic E-state index is 13.3. The van der Waals surface area contributed by atoms with Crippen LogP contribution in [0.25, 0.3) is 21.3 Å². The van der Waals surface area contributed by atoms with E-state index in [2.05, 4.69) is 15.0 Å². The van der Waals surface area contributed by atoms with E-state index >= 15 is 0 Å². The molecule has 0 radical (unpaired) electrons. The number of primary amides is 1. The van der Waals surface area contributed by atoms with Crippen LogP contribution in [0, 0.1) is 5.82 Å². The number of rotatable bonds is 8. The Labute approximate surface area is 176 Å². The van der Waals surface area contributed by atoms with Crippen molar-refractivity contribution in [2.45, 2.75) is 19.3 Å². The molecule has 152 valence electrons. The highest BCUT2D eigenvalue weighted by Crippen LogP contribution is 2.34. The van der Waals surface area contributed by atoms with Gasteiger partial charge in [0.25, 0.3) is 0 Å². The monoisotopic (exact) mass is 422 g/mol. The van der Waals surface area contributed by atoms with Crippen LogP contribution in [-0.2, 0) is 6.42 Å². The maximum Gasteiger partial charge on any atom is 0.250 e. The largest absolute Gasteiger partial charge is 0.492 e. The minimum Gasteiger partial charge on any atom is -0.492 e. The summed E-state index contributed by atoms with van der Waals surface area (Å²) in [5.41, 5.74) is 8.52. The first-order chi connectivity index (χ1) is 14.6. The van der Waals surface area contributed by atoms with Crippen LogP contribution < -0.4 is 10.5 Å². The van der Waals surface area contributed by atoms with Crippen LogP contribution in [0.3, 0.4) is 0 Å². The molecule has 0 aliphatic carbocycles. The van der Waals surface area contributed by atoms with Crippen LogP contribution >= 0.6 is 11.3 Å². The second kappa shape index (κ2) is 8.96. The Morgan fingerprint density at radius 1 is 1.13 bits per heavy atom. The van der Waals surface area contributed by atoms with Gasteiger partial charge in [-0.2, -0.15) is 0 Å². The topological polar surface area (TPSA) is 91.0 Å². The van der Waals surface area contributed by atoms with Gasteiger partial charge in [-0.25, -0.2) is 14.4 Å². The van der Waals surface area contributed by atoms with Crippen molar-refractivity contribution in [2.24, 2.45) is 5.73 Å². The number of thiophene rings is 1. The predicted molar refractivity (Wildman–Crippen MR) is 114 cm³/mol. The SMILES string of the molecule is NC(=O)c1cncc(OCCCCc2ncnc3scc(-c4ccc(F)cc4)c23)c1. The third-order valence-electron chi connectivity index (χ3n) is 4.68. The summed E-state index contributed by atoms with van der Waals surface area (Å²) in [7, 11) is 0. The number of amides is 1. The highest BCUT2D eigenvalue weighted by atomic mass is 32.1. The van der Waals surface area contributed by atoms with Crippen molar-refractivity contribution in [1.82, 2.24) is 15.0 Å². The molecule has 0 saturated heterocycles. The Morgan fingerprint density at radius 2 is 1.97 bits per heavy atom. The molecule has 0 spiro atoms. The average molecular weight is 422 g/mol. The number of hydrogen-bond acceptors (Lipinski definition) is 6. The van der Waals surface area contributed by atoms with Gasteiger partial charge in [0.1, 0.15) is 22.7 Å². The Kier molecular flexibility index (Phi) is 5.94. The summed E-state index contributed by atoms with van der Waals surface area (Å²) in [4.78, 5) is 25.0. The Hall–Kier alpha value is -3.39. The molecule has 0 saturated carbocycles. The van der Waals surface area contributed by atoms with Gasteiger partial charge in [0, 0.05) is 22.5 Å². The van der Waals surface area contributed by atoms with Crippen molar-refractivity contribution in [3.63, 3.8) is 0 Å². The molecule has 1 amide bonds. The molecule has 0 unspecified atom stereocenters. The molecule has 30 heavy (non-hydrogen) atoms. The van der Waals surface area contributed by atoms with Gasteiger partial charge in [-0.3, -0.25) is 9.78 Å². The number of benzene rings is 1. The lowest BCUT2D eigenvalue weighted by molar-refractivity contribution is 0.0999. The number of carbonyl (C=O) groups is 1. The lowest BCUT2D eigenvalue weighted by atomic mass is 10.0. The Bertz CT molecular complexity index is 1180. The summed E-state index contributed by atoms with van der Waals surface area (Å²) in [5.74, 6) is -0.271. The summed E-state index contributed by atoms with van der Waals surface area (Å²) in [6.45, 7) is 0.493. The van der Waals surface area contributed by atoms with Crippen LogP contribution in [0.15, 0.2) is 54.4 Å². The molecule has 6 nitrogen and oxygen atoms in total. The maximum atomic E-state index is 13.3. The number of hydrogen-bond donors (Lipinski definition) is 1. The van der Waals surface area contributed by atoms with Crippen LogP contribution in [0.4, 0.5) is 4.39 Å². The van der Waals surface area contributed by atoms with Crippen molar-refractivity contribution in [2.75, 3.05) is 6.61 Å². The van der Waals surface area contributed by atoms with Gasteiger partial charge in [-0.05, 0) is 43.0 Å². The zero-order chi connectivity index (χ0) is 20.9. The number of unbranched alkanes of at least 4 members (excludes halogenated alkanes) is 1. The fourth-order valence-electron chi connectivity index (χ4n) is 3.19. The van der Waals surface area contributed by atoms with Crippen molar-refractivity contribution in [3.8, 4) is 16.9 Å². The smallest absolute Gasteiger partial charge is 0.250 e. The van der Waals surface area contributed by atoms with E-state index in [1.807, 2.05) is 5.38 Å². The molecule has 8 heteroatoms. The third kappa shape index (κ3) is 4.44. The first kappa shape index (κ1) is 19.9. The number of fused-ring (bicyclic) bond motifs is 1. The minimum absolute atomic E-state index is 0.258. The summed E-state index contributed by atoms with van der Waals surface area (Å²) >= 11 is 1.56. The second-order valence-electron chi connectivity index (χ2n) is 6.74. The fourth-order valence-corrected chi connectivity index (χ4v) is 4.12. The predicted octanol–water partition coefficient (Wildman–Crippen LogP) is 4.39. The zero-order valence-corrected chi connectivity index (χ0v) is 16.9. The van der Waals surface area contributed by atoms with E-state index in [0.717, 1.165) is 46.3 Å². The molecule has 0 aliphatic heterocycles. The summed E-state index contributed by atoms with van der Waals surface area (Å²) < 4.78 is 19.0. The van der Waals surface area contributed by atoms with E-state index < -0.39 is 5.91 Å². The normalized spacial score (nSPS) is 11.0. The van der Waals surface area contributed by atoms with Crippen LogP contribution in [0.2, 0.25) is 0 Å². The molecule has 0 fully saturated rings. The first-order valence-corrected chi connectivity index (χ1v) is 10.3. The molecular formula is C22H19FN4O2S. The number of pyridine rings is 1. The average Bonchev–Trinajstić information content (AvgIpc) is 3.19. The molecule has 0 bridgehead atoms. The molecule has 3 aromatic heterocycles. The van der Waals surface area contributed by atoms with Gasteiger partial charge in [-0.15, -0.1) is 11.3 Å². The van der Waals surface area contributed by atoms with Crippen LogP contribution in [0.5, 0.6) is 5.75 Å². The Balaban J connectivity index is 1.41. The van der Waals surface area contributed by atoms with Crippen molar-refractivity contribution >= 4 is 27.5 Å². The molecule has 2 N–H and O–H groups in total. The summed E-state index contributed by atoms with van der Waals surface area (Å²) in [6, 6.07) is 8.05. The van der Waals surface area contributed by atoms with E-state index in [1.165, 1.54) is 18.3 Å². The number of nitrogens with zero attached hydrogens (tertiary/aromatic N) is 3. The summed E-state index contributed by atoms with van der Waals surface area (Å²) in [5, 5.41) is 3.06. The second-order valence-corrected chi connectivity index (χ2v) is 7.59. The van der Waals surface area contributed by atoms with Gasteiger partial charge in [-0.1, -0.05) is 12.1 Å². The highest BCUT2D eigenvalue weighted by molar-refractivity contribution is 7.17. The van der Waals surface area contributed by atoms with E-state index in [9.17, 15) is 9.18 Å². The molecular weight excluding hydrogens is 403 g/mol. The highest BCUT2D eigenvalue weighted by Gasteiger charge is 2.13. The van der Waals surface area contributed by atoms with Crippen molar-refractivity contribution < 1.29 is 13.9 Å². The van der Waals surface area contributed by atoms with E-state index in [0.29, 0.717) is 17.9 Å². The third-order valence-corrected chi connectivity index (χ3v) is 5.56. The first-order valence-electron chi connectivity index (χ1n) is 9.46. The lowest BCUT2D eigenvalue weighted by Crippen LogP contribution is -2.11. The Morgan fingerprint density at radius 3 is 2.77 bits per heavy atom. The molecule has 3 heterocycles. The van der Waals surface area contributed by atoms with Gasteiger partial charge in [0.2, 0.25) is 5.91 Å². The number of aryl methyl sites for hydroxylation is 1. The number of ether oxygens (including phenoxy) is 1. The van der Waals surface area contributed by atoms with E-state index in [4.69, 9.17) is 10.5 Å². The molecule has 0 atom stereocenters. The van der Waals surface area contributed by atoms with Gasteiger partial charge < -0.3 is 10.5 Å². The van der Waals surface area contributed by atoms with Gasteiger partial charge in [0.05, 0.1) is 24.1 Å². The number of aromatic nitrogens is 3. The van der Waals surface area contributed by atoms with E-state index in [-0.39, 0.29) is 5.82 Å². The van der Waals surface area contributed by atoms with Crippen LogP contribution in [-0.4, -0.2) is 27.5 Å². The van der Waals surface area contributed by atoms with Crippen LogP contribution in [0.1, 0.15) is 28.9 Å².